The van der Waals surface area contributed by atoms with E-state index >= 15 is 0 Å². The van der Waals surface area contributed by atoms with Crippen molar-refractivity contribution in [1.82, 2.24) is 5.32 Å². The Morgan fingerprint density at radius 2 is 1.95 bits per heavy atom. The number of halogens is 2. The van der Waals surface area contributed by atoms with E-state index < -0.39 is 17.9 Å². The van der Waals surface area contributed by atoms with Crippen molar-refractivity contribution in [3.63, 3.8) is 0 Å². The van der Waals surface area contributed by atoms with Crippen molar-refractivity contribution in [2.75, 3.05) is 7.11 Å². The number of terminal acetylenes is 1. The molecule has 0 aliphatic rings. The Balaban J connectivity index is 2.87. The van der Waals surface area contributed by atoms with Crippen LogP contribution in [0.15, 0.2) is 27.1 Å². The maximum absolute atomic E-state index is 12.0. The molecule has 1 aromatic carbocycles. The van der Waals surface area contributed by atoms with Crippen LogP contribution in [0.25, 0.3) is 0 Å². The van der Waals surface area contributed by atoms with Crippen molar-refractivity contribution in [2.45, 2.75) is 12.5 Å². The van der Waals surface area contributed by atoms with Gasteiger partial charge in [-0.1, -0.05) is 31.9 Å². The maximum Gasteiger partial charge on any atom is 0.329 e. The largest absolute Gasteiger partial charge is 0.467 e. The lowest BCUT2D eigenvalue weighted by molar-refractivity contribution is -0.142. The summed E-state index contributed by atoms with van der Waals surface area (Å²) in [5.74, 6) is 1.36. The van der Waals surface area contributed by atoms with Crippen LogP contribution in [0.5, 0.6) is 0 Å². The zero-order valence-electron chi connectivity index (χ0n) is 10.1. The van der Waals surface area contributed by atoms with Crippen molar-refractivity contribution in [3.8, 4) is 12.3 Å². The summed E-state index contributed by atoms with van der Waals surface area (Å²) >= 11 is 6.57. The van der Waals surface area contributed by atoms with Crippen LogP contribution in [0.3, 0.4) is 0 Å². The first-order valence-electron chi connectivity index (χ1n) is 5.26. The number of carbonyl (C=O) groups excluding carboxylic acids is 2. The van der Waals surface area contributed by atoms with Gasteiger partial charge in [-0.25, -0.2) is 4.79 Å². The summed E-state index contributed by atoms with van der Waals surface area (Å²) in [5.41, 5.74) is 0.409. The van der Waals surface area contributed by atoms with E-state index in [4.69, 9.17) is 6.42 Å². The van der Waals surface area contributed by atoms with Crippen molar-refractivity contribution in [3.05, 3.63) is 32.7 Å². The normalized spacial score (nSPS) is 11.3. The molecule has 0 heterocycles. The molecule has 0 saturated heterocycles. The molecule has 1 rings (SSSR count). The van der Waals surface area contributed by atoms with Gasteiger partial charge in [-0.3, -0.25) is 4.79 Å². The third-order valence-corrected chi connectivity index (χ3v) is 3.15. The minimum Gasteiger partial charge on any atom is -0.467 e. The monoisotopic (exact) mass is 387 g/mol. The molecule has 0 unspecified atom stereocenters. The number of ether oxygens (including phenoxy) is 1. The van der Waals surface area contributed by atoms with Crippen molar-refractivity contribution in [2.24, 2.45) is 0 Å². The fourth-order valence-electron chi connectivity index (χ4n) is 1.38. The molecule has 0 fully saturated rings. The first kappa shape index (κ1) is 15.7. The number of rotatable bonds is 4. The second-order valence-corrected chi connectivity index (χ2v) is 5.45. The Labute approximate surface area is 128 Å². The van der Waals surface area contributed by atoms with E-state index in [2.05, 4.69) is 47.8 Å². The van der Waals surface area contributed by atoms with Gasteiger partial charge in [0.05, 0.1) is 7.11 Å². The van der Waals surface area contributed by atoms with Gasteiger partial charge in [0.15, 0.2) is 0 Å². The highest BCUT2D eigenvalue weighted by Crippen LogP contribution is 2.20. The van der Waals surface area contributed by atoms with E-state index in [-0.39, 0.29) is 6.42 Å². The van der Waals surface area contributed by atoms with Gasteiger partial charge in [0.2, 0.25) is 0 Å². The highest BCUT2D eigenvalue weighted by atomic mass is 79.9. The average Bonchev–Trinajstić information content (AvgIpc) is 2.36. The zero-order chi connectivity index (χ0) is 14.4. The molecule has 0 aromatic heterocycles. The van der Waals surface area contributed by atoms with Crippen LogP contribution in [0, 0.1) is 12.3 Å². The standard InChI is InChI=1S/C13H11Br2NO3/c1-3-4-11(13(18)19-2)16-12(17)8-5-9(14)7-10(15)6-8/h1,5-7,11H,4H2,2H3,(H,16,17)/t11-/m1/s1. The molecule has 0 radical (unpaired) electrons. The summed E-state index contributed by atoms with van der Waals surface area (Å²) in [5, 5.41) is 2.54. The second kappa shape index (κ2) is 7.31. The van der Waals surface area contributed by atoms with Crippen LogP contribution >= 0.6 is 31.9 Å². The van der Waals surface area contributed by atoms with Gasteiger partial charge in [-0.05, 0) is 18.2 Å². The van der Waals surface area contributed by atoms with Gasteiger partial charge in [0.1, 0.15) is 6.04 Å². The number of methoxy groups -OCH3 is 1. The minimum absolute atomic E-state index is 0.0770. The summed E-state index contributed by atoms with van der Waals surface area (Å²) in [6.45, 7) is 0. The SMILES string of the molecule is C#CC[C@@H](NC(=O)c1cc(Br)cc(Br)c1)C(=O)OC. The smallest absolute Gasteiger partial charge is 0.329 e. The van der Waals surface area contributed by atoms with E-state index in [1.54, 1.807) is 18.2 Å². The minimum atomic E-state index is -0.847. The van der Waals surface area contributed by atoms with Crippen LogP contribution in [0.4, 0.5) is 0 Å². The Kier molecular flexibility index (Phi) is 6.06. The molecule has 1 aromatic rings. The van der Waals surface area contributed by atoms with Gasteiger partial charge in [0.25, 0.3) is 5.91 Å². The van der Waals surface area contributed by atoms with Gasteiger partial charge in [0, 0.05) is 20.9 Å². The highest BCUT2D eigenvalue weighted by Gasteiger charge is 2.21. The summed E-state index contributed by atoms with van der Waals surface area (Å²) in [7, 11) is 1.24. The third-order valence-electron chi connectivity index (χ3n) is 2.24. The average molecular weight is 389 g/mol. The van der Waals surface area contributed by atoms with E-state index in [1.165, 1.54) is 7.11 Å². The fourth-order valence-corrected chi connectivity index (χ4v) is 2.67. The predicted octanol–water partition coefficient (Wildman–Crippen LogP) is 2.51. The molecular formula is C13H11Br2NO3. The molecule has 0 saturated carbocycles. The molecule has 0 aliphatic heterocycles. The summed E-state index contributed by atoms with van der Waals surface area (Å²) in [4.78, 5) is 23.5. The number of esters is 1. The Bertz CT molecular complexity index is 517. The Hall–Kier alpha value is -1.32. The zero-order valence-corrected chi connectivity index (χ0v) is 13.2. The lowest BCUT2D eigenvalue weighted by Crippen LogP contribution is -2.41. The number of hydrogen-bond acceptors (Lipinski definition) is 3. The highest BCUT2D eigenvalue weighted by molar-refractivity contribution is 9.11. The molecule has 1 N–H and O–H groups in total. The molecule has 19 heavy (non-hydrogen) atoms. The fraction of sp³-hybridized carbons (Fsp3) is 0.231. The van der Waals surface area contributed by atoms with E-state index in [0.717, 1.165) is 8.95 Å². The molecule has 0 bridgehead atoms. The summed E-state index contributed by atoms with van der Waals surface area (Å²) in [6, 6.07) is 4.24. The van der Waals surface area contributed by atoms with Crippen LogP contribution in [-0.4, -0.2) is 25.0 Å². The Morgan fingerprint density at radius 1 is 1.37 bits per heavy atom. The lowest BCUT2D eigenvalue weighted by Gasteiger charge is -2.14. The van der Waals surface area contributed by atoms with E-state index in [1.807, 2.05) is 0 Å². The van der Waals surface area contributed by atoms with Crippen molar-refractivity contribution < 1.29 is 14.3 Å². The quantitative estimate of drug-likeness (QED) is 0.636. The van der Waals surface area contributed by atoms with Crippen LogP contribution in [0.1, 0.15) is 16.8 Å². The Morgan fingerprint density at radius 3 is 2.42 bits per heavy atom. The molecule has 1 amide bonds. The molecule has 1 atom stereocenters. The second-order valence-electron chi connectivity index (χ2n) is 3.62. The van der Waals surface area contributed by atoms with Crippen molar-refractivity contribution >= 4 is 43.7 Å². The molecule has 100 valence electrons. The molecular weight excluding hydrogens is 378 g/mol. The van der Waals surface area contributed by atoms with E-state index in [0.29, 0.717) is 5.56 Å². The summed E-state index contributed by atoms with van der Waals surface area (Å²) < 4.78 is 6.08. The maximum atomic E-state index is 12.0. The van der Waals surface area contributed by atoms with E-state index in [9.17, 15) is 9.59 Å². The van der Waals surface area contributed by atoms with Crippen molar-refractivity contribution in [1.29, 1.82) is 0 Å². The van der Waals surface area contributed by atoms with Crippen LogP contribution in [0.2, 0.25) is 0 Å². The first-order chi connectivity index (χ1) is 8.97. The van der Waals surface area contributed by atoms with Gasteiger partial charge >= 0.3 is 5.97 Å². The number of carbonyl (C=O) groups is 2. The van der Waals surface area contributed by atoms with Gasteiger partial charge in [-0.15, -0.1) is 12.3 Å². The molecule has 0 spiro atoms. The van der Waals surface area contributed by atoms with Crippen LogP contribution < -0.4 is 5.32 Å². The molecule has 0 aliphatic carbocycles. The van der Waals surface area contributed by atoms with Gasteiger partial charge < -0.3 is 10.1 Å². The number of hydrogen-bond donors (Lipinski definition) is 1. The predicted molar refractivity (Wildman–Crippen MR) is 78.6 cm³/mol. The number of amides is 1. The number of nitrogens with one attached hydrogen (secondary N) is 1. The first-order valence-corrected chi connectivity index (χ1v) is 6.84. The topological polar surface area (TPSA) is 55.4 Å². The summed E-state index contributed by atoms with van der Waals surface area (Å²) in [6.07, 6.45) is 5.24. The van der Waals surface area contributed by atoms with Crippen LogP contribution in [-0.2, 0) is 9.53 Å². The third kappa shape index (κ3) is 4.69. The lowest BCUT2D eigenvalue weighted by atomic mass is 10.1. The molecule has 4 nitrogen and oxygen atoms in total. The number of benzene rings is 1. The van der Waals surface area contributed by atoms with Gasteiger partial charge in [-0.2, -0.15) is 0 Å². The molecule has 6 heteroatoms.